The maximum atomic E-state index is 13.0. The zero-order valence-electron chi connectivity index (χ0n) is 20.1. The van der Waals surface area contributed by atoms with E-state index >= 15 is 0 Å². The molecule has 7 nitrogen and oxygen atoms in total. The van der Waals surface area contributed by atoms with Crippen LogP contribution in [0.3, 0.4) is 0 Å². The summed E-state index contributed by atoms with van der Waals surface area (Å²) < 4.78 is 0. The number of carbonyl (C=O) groups excluding carboxylic acids is 2. The Morgan fingerprint density at radius 2 is 1.76 bits per heavy atom. The van der Waals surface area contributed by atoms with Crippen LogP contribution in [0.4, 0.5) is 5.69 Å². The Kier molecular flexibility index (Phi) is 7.26. The Labute approximate surface area is 196 Å². The molecule has 4 rings (SSSR count). The van der Waals surface area contributed by atoms with Crippen molar-refractivity contribution in [2.45, 2.75) is 57.9 Å². The van der Waals surface area contributed by atoms with Crippen LogP contribution < -0.4 is 4.90 Å². The molecule has 2 aliphatic rings. The van der Waals surface area contributed by atoms with Gasteiger partial charge < -0.3 is 14.7 Å². The van der Waals surface area contributed by atoms with Crippen molar-refractivity contribution in [2.24, 2.45) is 0 Å². The van der Waals surface area contributed by atoms with Crippen molar-refractivity contribution >= 4 is 17.5 Å². The number of aryl methyl sites for hydroxylation is 2. The van der Waals surface area contributed by atoms with Gasteiger partial charge in [-0.15, -0.1) is 0 Å². The van der Waals surface area contributed by atoms with E-state index in [4.69, 9.17) is 4.98 Å². The predicted molar refractivity (Wildman–Crippen MR) is 129 cm³/mol. The number of likely N-dealkylation sites (tertiary alicyclic amines) is 2. The van der Waals surface area contributed by atoms with E-state index in [0.717, 1.165) is 63.0 Å². The Balaban J connectivity index is 1.40. The van der Waals surface area contributed by atoms with Gasteiger partial charge >= 0.3 is 0 Å². The van der Waals surface area contributed by atoms with Gasteiger partial charge in [-0.3, -0.25) is 9.59 Å². The molecule has 2 fully saturated rings. The van der Waals surface area contributed by atoms with E-state index < -0.39 is 0 Å². The number of piperidine rings is 1. The molecule has 2 saturated heterocycles. The fourth-order valence-corrected chi connectivity index (χ4v) is 4.81. The first-order valence-corrected chi connectivity index (χ1v) is 12.1. The first-order chi connectivity index (χ1) is 15.9. The summed E-state index contributed by atoms with van der Waals surface area (Å²) in [7, 11) is 4.04. The summed E-state index contributed by atoms with van der Waals surface area (Å²) in [6.07, 6.45) is 7.98. The number of hydrogen-bond donors (Lipinski definition) is 0. The number of rotatable bonds is 6. The molecule has 0 N–H and O–H groups in total. The second-order valence-corrected chi connectivity index (χ2v) is 9.39. The molecular formula is C26H35N5O2. The van der Waals surface area contributed by atoms with E-state index in [1.807, 2.05) is 30.8 Å². The number of nitrogens with zero attached hydrogens (tertiary/aromatic N) is 5. The molecule has 2 amide bonds. The van der Waals surface area contributed by atoms with Crippen LogP contribution in [0.15, 0.2) is 30.5 Å². The van der Waals surface area contributed by atoms with Crippen molar-refractivity contribution < 1.29 is 9.59 Å². The van der Waals surface area contributed by atoms with Crippen LogP contribution in [-0.4, -0.2) is 65.3 Å². The van der Waals surface area contributed by atoms with E-state index in [1.165, 1.54) is 6.42 Å². The number of hydrogen-bond acceptors (Lipinski definition) is 5. The normalized spacial score (nSPS) is 18.5. The molecule has 0 bridgehead atoms. The van der Waals surface area contributed by atoms with E-state index in [0.29, 0.717) is 23.5 Å². The fourth-order valence-electron chi connectivity index (χ4n) is 4.81. The third-order valence-electron chi connectivity index (χ3n) is 6.82. The van der Waals surface area contributed by atoms with Crippen molar-refractivity contribution in [1.29, 1.82) is 0 Å². The molecule has 2 aromatic rings. The molecule has 176 valence electrons. The number of amides is 2. The highest BCUT2D eigenvalue weighted by atomic mass is 16.2. The predicted octanol–water partition coefficient (Wildman–Crippen LogP) is 3.77. The lowest BCUT2D eigenvalue weighted by molar-refractivity contribution is -0.132. The smallest absolute Gasteiger partial charge is 0.257 e. The van der Waals surface area contributed by atoms with Gasteiger partial charge in [-0.1, -0.05) is 12.1 Å². The lowest BCUT2D eigenvalue weighted by Gasteiger charge is -2.27. The number of carbonyl (C=O) groups is 2. The summed E-state index contributed by atoms with van der Waals surface area (Å²) >= 11 is 0. The Morgan fingerprint density at radius 3 is 2.42 bits per heavy atom. The molecule has 33 heavy (non-hydrogen) atoms. The summed E-state index contributed by atoms with van der Waals surface area (Å²) in [6, 6.07) is 8.25. The van der Waals surface area contributed by atoms with Gasteiger partial charge in [0.25, 0.3) is 5.91 Å². The molecule has 0 radical (unpaired) electrons. The summed E-state index contributed by atoms with van der Waals surface area (Å²) in [4.78, 5) is 41.1. The van der Waals surface area contributed by atoms with Crippen molar-refractivity contribution in [1.82, 2.24) is 19.8 Å². The standard InChI is InChI=1S/C26H35N5O2/c1-19-22(26(33)30-15-5-4-6-16-30)18-27-25(28-19)23-8-7-17-31(23)24(32)14-11-20-9-12-21(13-10-20)29(2)3/h9-10,12-13,18,23H,4-8,11,14-17H2,1-3H3/t23-/m0/s1. The Morgan fingerprint density at radius 1 is 1.03 bits per heavy atom. The Hall–Kier alpha value is -2.96. The van der Waals surface area contributed by atoms with E-state index in [1.54, 1.807) is 6.20 Å². The second-order valence-electron chi connectivity index (χ2n) is 9.39. The average molecular weight is 450 g/mol. The lowest BCUT2D eigenvalue weighted by Crippen LogP contribution is -2.36. The fraction of sp³-hybridized carbons (Fsp3) is 0.538. The maximum Gasteiger partial charge on any atom is 0.257 e. The molecule has 0 spiro atoms. The van der Waals surface area contributed by atoms with Gasteiger partial charge in [0.2, 0.25) is 5.91 Å². The second kappa shape index (κ2) is 10.3. The van der Waals surface area contributed by atoms with Gasteiger partial charge in [0.15, 0.2) is 5.82 Å². The van der Waals surface area contributed by atoms with Crippen LogP contribution in [0.1, 0.15) is 72.0 Å². The highest BCUT2D eigenvalue weighted by Crippen LogP contribution is 2.31. The molecule has 1 aromatic carbocycles. The molecule has 7 heteroatoms. The minimum atomic E-state index is -0.105. The first kappa shape index (κ1) is 23.2. The molecule has 3 heterocycles. The minimum absolute atomic E-state index is 0.0263. The highest BCUT2D eigenvalue weighted by Gasteiger charge is 2.32. The van der Waals surface area contributed by atoms with Gasteiger partial charge in [-0.25, -0.2) is 9.97 Å². The number of aromatic nitrogens is 2. The van der Waals surface area contributed by atoms with Crippen molar-refractivity contribution in [2.75, 3.05) is 38.6 Å². The van der Waals surface area contributed by atoms with Gasteiger partial charge in [0.1, 0.15) is 0 Å². The summed E-state index contributed by atoms with van der Waals surface area (Å²) in [5, 5.41) is 0. The largest absolute Gasteiger partial charge is 0.378 e. The van der Waals surface area contributed by atoms with Crippen LogP contribution >= 0.6 is 0 Å². The monoisotopic (exact) mass is 449 g/mol. The van der Waals surface area contributed by atoms with Crippen LogP contribution in [-0.2, 0) is 11.2 Å². The maximum absolute atomic E-state index is 13.0. The SMILES string of the molecule is Cc1nc([C@@H]2CCCN2C(=O)CCc2ccc(N(C)C)cc2)ncc1C(=O)N1CCCCC1. The van der Waals surface area contributed by atoms with E-state index in [2.05, 4.69) is 34.1 Å². The van der Waals surface area contributed by atoms with Gasteiger partial charge in [0, 0.05) is 52.0 Å². The summed E-state index contributed by atoms with van der Waals surface area (Å²) in [5.41, 5.74) is 3.60. The van der Waals surface area contributed by atoms with Gasteiger partial charge in [-0.05, 0) is 63.1 Å². The summed E-state index contributed by atoms with van der Waals surface area (Å²) in [5.74, 6) is 0.825. The Bertz CT molecular complexity index is 983. The molecule has 0 saturated carbocycles. The lowest BCUT2D eigenvalue weighted by atomic mass is 10.1. The highest BCUT2D eigenvalue weighted by molar-refractivity contribution is 5.95. The molecule has 2 aliphatic heterocycles. The molecule has 0 aliphatic carbocycles. The van der Waals surface area contributed by atoms with Crippen LogP contribution in [0.5, 0.6) is 0 Å². The van der Waals surface area contributed by atoms with Crippen molar-refractivity contribution in [3.8, 4) is 0 Å². The molecule has 1 atom stereocenters. The zero-order chi connectivity index (χ0) is 23.4. The molecular weight excluding hydrogens is 414 g/mol. The third kappa shape index (κ3) is 5.34. The number of anilines is 1. The van der Waals surface area contributed by atoms with Gasteiger partial charge in [0.05, 0.1) is 17.3 Å². The van der Waals surface area contributed by atoms with Crippen LogP contribution in [0.2, 0.25) is 0 Å². The summed E-state index contributed by atoms with van der Waals surface area (Å²) in [6.45, 7) is 4.23. The average Bonchev–Trinajstić information content (AvgIpc) is 3.33. The van der Waals surface area contributed by atoms with Crippen molar-refractivity contribution in [3.05, 3.63) is 53.1 Å². The first-order valence-electron chi connectivity index (χ1n) is 12.1. The minimum Gasteiger partial charge on any atom is -0.378 e. The van der Waals surface area contributed by atoms with Crippen LogP contribution in [0, 0.1) is 6.92 Å². The quantitative estimate of drug-likeness (QED) is 0.671. The molecule has 1 aromatic heterocycles. The van der Waals surface area contributed by atoms with Crippen LogP contribution in [0.25, 0.3) is 0 Å². The van der Waals surface area contributed by atoms with E-state index in [-0.39, 0.29) is 17.9 Å². The van der Waals surface area contributed by atoms with Gasteiger partial charge in [-0.2, -0.15) is 0 Å². The van der Waals surface area contributed by atoms with E-state index in [9.17, 15) is 9.59 Å². The third-order valence-corrected chi connectivity index (χ3v) is 6.82. The van der Waals surface area contributed by atoms with Crippen molar-refractivity contribution in [3.63, 3.8) is 0 Å². The molecule has 0 unspecified atom stereocenters. The number of benzene rings is 1. The zero-order valence-corrected chi connectivity index (χ0v) is 20.1. The topological polar surface area (TPSA) is 69.6 Å².